The molecule has 1 saturated heterocycles. The van der Waals surface area contributed by atoms with E-state index in [0.717, 1.165) is 15.8 Å². The lowest BCUT2D eigenvalue weighted by molar-refractivity contribution is -0.252. The molecule has 0 radical (unpaired) electrons. The Hall–Kier alpha value is -2.76. The molecule has 1 aromatic heterocycles. The van der Waals surface area contributed by atoms with Gasteiger partial charge in [0.15, 0.2) is 6.23 Å². The Morgan fingerprint density at radius 3 is 2.68 bits per heavy atom. The minimum atomic E-state index is -1.70. The van der Waals surface area contributed by atoms with Crippen LogP contribution in [0.4, 0.5) is 5.69 Å². The largest absolute Gasteiger partial charge is 0.493 e. The van der Waals surface area contributed by atoms with Crippen LogP contribution in [0.3, 0.4) is 0 Å². The average molecular weight is 389 g/mol. The summed E-state index contributed by atoms with van der Waals surface area (Å²) in [5.41, 5.74) is 1.50. The molecule has 0 amide bonds. The zero-order chi connectivity index (χ0) is 20.0. The molecule has 6 N–H and O–H groups in total. The monoisotopic (exact) mass is 389 g/mol. The molecular weight excluding hydrogens is 370 g/mol. The van der Waals surface area contributed by atoms with E-state index in [1.54, 1.807) is 6.21 Å². The summed E-state index contributed by atoms with van der Waals surface area (Å²) in [7, 11) is 0. The summed E-state index contributed by atoms with van der Waals surface area (Å²) < 4.78 is 6.07. The van der Waals surface area contributed by atoms with Gasteiger partial charge in [-0.1, -0.05) is 18.2 Å². The third-order valence-corrected chi connectivity index (χ3v) is 4.91. The Morgan fingerprint density at radius 2 is 1.93 bits per heavy atom. The Bertz CT molecular complexity index is 1010. The number of aromatic hydroxyl groups is 1. The summed E-state index contributed by atoms with van der Waals surface area (Å²) >= 11 is 0. The summed E-state index contributed by atoms with van der Waals surface area (Å²) in [5.74, 6) is -0.528. The van der Waals surface area contributed by atoms with Crippen molar-refractivity contribution in [3.63, 3.8) is 0 Å². The van der Waals surface area contributed by atoms with Gasteiger partial charge in [-0.05, 0) is 12.1 Å². The molecule has 10 heteroatoms. The average Bonchev–Trinajstić information content (AvgIpc) is 3.22. The van der Waals surface area contributed by atoms with Crippen molar-refractivity contribution in [2.75, 3.05) is 6.61 Å². The van der Waals surface area contributed by atoms with Gasteiger partial charge in [0.2, 0.25) is 5.88 Å². The maximum atomic E-state index is 12.4. The van der Waals surface area contributed by atoms with Crippen LogP contribution in [-0.2, 0) is 4.74 Å². The van der Waals surface area contributed by atoms with Crippen LogP contribution in [0.15, 0.2) is 34.1 Å². The number of imidazole rings is 1. The number of aromatic nitrogens is 2. The summed E-state index contributed by atoms with van der Waals surface area (Å²) in [6.45, 7) is -0.647. The van der Waals surface area contributed by atoms with Crippen molar-refractivity contribution in [2.24, 2.45) is 4.99 Å². The maximum Gasteiger partial charge on any atom is 0.331 e. The predicted octanol–water partition coefficient (Wildman–Crippen LogP) is -0.889. The number of rotatable bonds is 3. The van der Waals surface area contributed by atoms with Gasteiger partial charge in [0.1, 0.15) is 30.1 Å². The second-order valence-electron chi connectivity index (χ2n) is 6.63. The maximum absolute atomic E-state index is 12.4. The van der Waals surface area contributed by atoms with Gasteiger partial charge in [-0.2, -0.15) is 0 Å². The third-order valence-electron chi connectivity index (χ3n) is 4.91. The van der Waals surface area contributed by atoms with Crippen molar-refractivity contribution in [1.29, 1.82) is 0 Å². The van der Waals surface area contributed by atoms with Gasteiger partial charge >= 0.3 is 5.69 Å². The molecule has 1 fully saturated rings. The first kappa shape index (κ1) is 18.6. The van der Waals surface area contributed by atoms with Gasteiger partial charge < -0.3 is 35.3 Å². The van der Waals surface area contributed by atoms with E-state index in [1.807, 2.05) is 24.3 Å². The van der Waals surface area contributed by atoms with Gasteiger partial charge in [-0.15, -0.1) is 0 Å². The van der Waals surface area contributed by atoms with Crippen LogP contribution in [0.1, 0.15) is 17.5 Å². The molecule has 0 unspecified atom stereocenters. The number of benzene rings is 1. The van der Waals surface area contributed by atoms with Crippen molar-refractivity contribution < 1.29 is 30.3 Å². The van der Waals surface area contributed by atoms with E-state index < -0.39 is 48.8 Å². The summed E-state index contributed by atoms with van der Waals surface area (Å²) in [6, 6.07) is 7.35. The molecule has 4 rings (SSSR count). The lowest BCUT2D eigenvalue weighted by Crippen LogP contribution is -2.57. The minimum Gasteiger partial charge on any atom is -0.493 e. The number of aliphatic imine (C=N–C) groups is 1. The molecule has 5 atom stereocenters. The number of H-pyrrole nitrogens is 1. The van der Waals surface area contributed by atoms with Gasteiger partial charge in [-0.3, -0.25) is 4.99 Å². The van der Waals surface area contributed by atoms with Crippen molar-refractivity contribution in [1.82, 2.24) is 9.55 Å². The second kappa shape index (κ2) is 7.00. The molecule has 2 aromatic rings. The number of aliphatic hydroxyl groups is 4. The van der Waals surface area contributed by atoms with Gasteiger partial charge in [0.05, 0.1) is 12.3 Å². The van der Waals surface area contributed by atoms with E-state index in [9.17, 15) is 30.3 Å². The first-order valence-corrected chi connectivity index (χ1v) is 8.61. The molecule has 2 aliphatic rings. The first-order chi connectivity index (χ1) is 13.4. The fraction of sp³-hybridized carbons (Fsp3) is 0.333. The first-order valence-electron chi connectivity index (χ1n) is 8.61. The molecule has 3 heterocycles. The third kappa shape index (κ3) is 2.87. The van der Waals surface area contributed by atoms with Crippen molar-refractivity contribution in [3.05, 3.63) is 46.0 Å². The number of hydrogen-bond donors (Lipinski definition) is 6. The standard InChI is InChI=1S/C18H19N3O7/c22-7-12-13(23)14(24)15(25)17(28-12)21-16(26)11(20-18(21)27)5-8-6-19-10-4-2-1-3-9(8)10/h1-6,12-15,17,22-26H,7H2,(H,20,27)/b8-5-/t12-,13-,14+,15-,17-/m1/s1. The topological polar surface area (TPSA) is 161 Å². The Labute approximate surface area is 158 Å². The van der Waals surface area contributed by atoms with Gasteiger partial charge in [0, 0.05) is 17.4 Å². The molecule has 1 aromatic carbocycles. The van der Waals surface area contributed by atoms with Crippen LogP contribution in [0, 0.1) is 0 Å². The highest BCUT2D eigenvalue weighted by Gasteiger charge is 2.45. The van der Waals surface area contributed by atoms with Crippen molar-refractivity contribution in [2.45, 2.75) is 30.6 Å². The Balaban J connectivity index is 1.72. The molecule has 0 aliphatic carbocycles. The van der Waals surface area contributed by atoms with E-state index >= 15 is 0 Å². The smallest absolute Gasteiger partial charge is 0.331 e. The summed E-state index contributed by atoms with van der Waals surface area (Å²) in [4.78, 5) is 19.1. The zero-order valence-corrected chi connectivity index (χ0v) is 14.5. The lowest BCUT2D eigenvalue weighted by atomic mass is 9.98. The molecule has 148 valence electrons. The van der Waals surface area contributed by atoms with E-state index in [0.29, 0.717) is 5.57 Å². The van der Waals surface area contributed by atoms with Crippen LogP contribution in [0.2, 0.25) is 0 Å². The van der Waals surface area contributed by atoms with Crippen LogP contribution in [-0.4, -0.2) is 72.3 Å². The number of aromatic amines is 1. The number of ether oxygens (including phenoxy) is 1. The van der Waals surface area contributed by atoms with Crippen LogP contribution in [0.5, 0.6) is 5.88 Å². The van der Waals surface area contributed by atoms with Crippen molar-refractivity contribution >= 4 is 23.6 Å². The fourth-order valence-electron chi connectivity index (χ4n) is 3.40. The number of nitrogens with one attached hydrogen (secondary N) is 1. The SMILES string of the molecule is O=c1[nH]c(/C=C2/C=Nc3ccccc32)c(O)n1[C@@H]1O[C@H](CO)[C@@H](O)[C@H](O)[C@H]1O. The van der Waals surface area contributed by atoms with Crippen LogP contribution in [0.25, 0.3) is 11.6 Å². The summed E-state index contributed by atoms with van der Waals surface area (Å²) in [5, 5.41) is 49.9. The Kier molecular flexibility index (Phi) is 4.65. The van der Waals surface area contributed by atoms with Gasteiger partial charge in [-0.25, -0.2) is 9.36 Å². The minimum absolute atomic E-state index is 0.0557. The van der Waals surface area contributed by atoms with E-state index in [2.05, 4.69) is 9.98 Å². The normalized spacial score (nSPS) is 30.7. The molecule has 2 aliphatic heterocycles. The number of fused-ring (bicyclic) bond motifs is 1. The zero-order valence-electron chi connectivity index (χ0n) is 14.5. The molecular formula is C18H19N3O7. The fourth-order valence-corrected chi connectivity index (χ4v) is 3.40. The number of allylic oxidation sites excluding steroid dienone is 1. The number of nitrogens with zero attached hydrogens (tertiary/aromatic N) is 2. The van der Waals surface area contributed by atoms with Gasteiger partial charge in [0.25, 0.3) is 0 Å². The van der Waals surface area contributed by atoms with Crippen LogP contribution < -0.4 is 5.69 Å². The highest BCUT2D eigenvalue weighted by Crippen LogP contribution is 2.35. The van der Waals surface area contributed by atoms with E-state index in [1.165, 1.54) is 6.08 Å². The molecule has 10 nitrogen and oxygen atoms in total. The highest BCUT2D eigenvalue weighted by molar-refractivity contribution is 6.21. The predicted molar refractivity (Wildman–Crippen MR) is 98.2 cm³/mol. The number of hydrogen-bond acceptors (Lipinski definition) is 8. The number of aliphatic hydroxyl groups excluding tert-OH is 4. The van der Waals surface area contributed by atoms with E-state index in [-0.39, 0.29) is 5.69 Å². The highest BCUT2D eigenvalue weighted by atomic mass is 16.6. The van der Waals surface area contributed by atoms with Crippen LogP contribution >= 0.6 is 0 Å². The van der Waals surface area contributed by atoms with E-state index in [4.69, 9.17) is 4.74 Å². The molecule has 0 spiro atoms. The number of para-hydroxylation sites is 1. The Morgan fingerprint density at radius 1 is 1.18 bits per heavy atom. The molecule has 0 bridgehead atoms. The molecule has 0 saturated carbocycles. The van der Waals surface area contributed by atoms with Crippen molar-refractivity contribution in [3.8, 4) is 5.88 Å². The summed E-state index contributed by atoms with van der Waals surface area (Å²) in [6.07, 6.45) is -4.54. The quantitative estimate of drug-likeness (QED) is 0.397. The lowest BCUT2D eigenvalue weighted by Gasteiger charge is -2.40. The second-order valence-corrected chi connectivity index (χ2v) is 6.63. The molecule has 28 heavy (non-hydrogen) atoms.